The molecule has 3 heterocycles. The van der Waals surface area contributed by atoms with Crippen LogP contribution in [0.15, 0.2) is 48.5 Å². The van der Waals surface area contributed by atoms with Crippen molar-refractivity contribution in [1.82, 2.24) is 24.9 Å². The highest BCUT2D eigenvalue weighted by atomic mass is 35.5. The molecular formula is C40H60ClN5O4. The summed E-state index contributed by atoms with van der Waals surface area (Å²) in [6, 6.07) is 16.3. The van der Waals surface area contributed by atoms with Crippen molar-refractivity contribution in [2.45, 2.75) is 105 Å². The Morgan fingerprint density at radius 2 is 1.38 bits per heavy atom. The maximum atomic E-state index is 13.0. The number of nitrogens with zero attached hydrogens (tertiary/aromatic N) is 4. The van der Waals surface area contributed by atoms with Crippen molar-refractivity contribution in [3.05, 3.63) is 70.2 Å². The lowest BCUT2D eigenvalue weighted by molar-refractivity contribution is -0.136. The predicted molar refractivity (Wildman–Crippen MR) is 202 cm³/mol. The number of carbonyl (C=O) groups excluding carboxylic acids is 4. The van der Waals surface area contributed by atoms with E-state index in [2.05, 4.69) is 30.1 Å². The molecular weight excluding hydrogens is 650 g/mol. The van der Waals surface area contributed by atoms with E-state index in [4.69, 9.17) is 11.6 Å². The van der Waals surface area contributed by atoms with Crippen molar-refractivity contribution < 1.29 is 19.2 Å². The topological polar surface area (TPSA) is 93.3 Å². The number of rotatable bonds is 8. The van der Waals surface area contributed by atoms with Crippen LogP contribution in [0.4, 0.5) is 0 Å². The van der Waals surface area contributed by atoms with Crippen LogP contribution in [-0.4, -0.2) is 101 Å². The summed E-state index contributed by atoms with van der Waals surface area (Å²) >= 11 is 5.61. The maximum Gasteiger partial charge on any atom is 0.241 e. The fourth-order valence-electron chi connectivity index (χ4n) is 7.29. The molecule has 0 bridgehead atoms. The van der Waals surface area contributed by atoms with Crippen LogP contribution in [0.3, 0.4) is 0 Å². The van der Waals surface area contributed by atoms with Gasteiger partial charge in [0.25, 0.3) is 0 Å². The van der Waals surface area contributed by atoms with E-state index in [-0.39, 0.29) is 42.6 Å². The number of hydrogen-bond acceptors (Lipinski definition) is 5. The number of halogens is 1. The van der Waals surface area contributed by atoms with Gasteiger partial charge in [-0.25, -0.2) is 0 Å². The van der Waals surface area contributed by atoms with Crippen LogP contribution in [0.2, 0.25) is 5.02 Å². The van der Waals surface area contributed by atoms with E-state index in [1.54, 1.807) is 18.7 Å². The van der Waals surface area contributed by atoms with Crippen molar-refractivity contribution in [3.63, 3.8) is 0 Å². The molecule has 2 aromatic rings. The Bertz CT molecular complexity index is 1360. The fourth-order valence-corrected chi connectivity index (χ4v) is 7.42. The van der Waals surface area contributed by atoms with Crippen LogP contribution in [-0.2, 0) is 25.6 Å². The first-order valence-corrected chi connectivity index (χ1v) is 18.9. The molecule has 0 aromatic heterocycles. The van der Waals surface area contributed by atoms with Crippen molar-refractivity contribution in [2.75, 3.05) is 45.8 Å². The first-order chi connectivity index (χ1) is 23.9. The van der Waals surface area contributed by atoms with Gasteiger partial charge in [0.1, 0.15) is 0 Å². The van der Waals surface area contributed by atoms with Crippen LogP contribution < -0.4 is 5.32 Å². The van der Waals surface area contributed by atoms with Gasteiger partial charge in [0, 0.05) is 70.2 Å². The van der Waals surface area contributed by atoms with Gasteiger partial charge in [0.15, 0.2) is 0 Å². The van der Waals surface area contributed by atoms with Crippen LogP contribution in [0.1, 0.15) is 96.4 Å². The molecule has 2 aromatic carbocycles. The molecule has 50 heavy (non-hydrogen) atoms. The highest BCUT2D eigenvalue weighted by Crippen LogP contribution is 2.32. The third-order valence-electron chi connectivity index (χ3n) is 9.88. The molecule has 1 N–H and O–H groups in total. The Hall–Kier alpha value is -3.43. The number of fused-ring (bicyclic) bond motifs is 1. The fraction of sp³-hybridized carbons (Fsp3) is 0.600. The molecule has 1 atom stereocenters. The molecule has 3 aliphatic rings. The van der Waals surface area contributed by atoms with E-state index in [1.165, 1.54) is 11.1 Å². The molecule has 9 nitrogen and oxygen atoms in total. The summed E-state index contributed by atoms with van der Waals surface area (Å²) in [4.78, 5) is 58.2. The number of nitrogens with one attached hydrogen (secondary N) is 1. The second kappa shape index (κ2) is 20.4. The Morgan fingerprint density at radius 3 is 1.90 bits per heavy atom. The van der Waals surface area contributed by atoms with Crippen LogP contribution in [0, 0.1) is 12.8 Å². The van der Waals surface area contributed by atoms with E-state index in [9.17, 15) is 19.2 Å². The first-order valence-electron chi connectivity index (χ1n) is 18.6. The van der Waals surface area contributed by atoms with E-state index >= 15 is 0 Å². The van der Waals surface area contributed by atoms with Gasteiger partial charge in [-0.3, -0.25) is 24.1 Å². The van der Waals surface area contributed by atoms with Crippen molar-refractivity contribution in [3.8, 4) is 0 Å². The molecule has 0 spiro atoms. The summed E-state index contributed by atoms with van der Waals surface area (Å²) in [6.07, 6.45) is 4.79. The van der Waals surface area contributed by atoms with Crippen LogP contribution in [0.5, 0.6) is 0 Å². The molecule has 10 heteroatoms. The minimum atomic E-state index is -0.303. The number of likely N-dealkylation sites (tertiary alicyclic amines) is 2. The van der Waals surface area contributed by atoms with E-state index < -0.39 is 0 Å². The van der Waals surface area contributed by atoms with Crippen LogP contribution in [0.25, 0.3) is 0 Å². The first kappa shape index (κ1) is 41.0. The second-order valence-corrected chi connectivity index (χ2v) is 14.3. The van der Waals surface area contributed by atoms with Gasteiger partial charge in [-0.05, 0) is 68.2 Å². The number of amides is 4. The number of aryl methyl sites for hydroxylation is 1. The summed E-state index contributed by atoms with van der Waals surface area (Å²) in [5, 5.41) is 3.63. The van der Waals surface area contributed by atoms with Crippen molar-refractivity contribution in [2.24, 2.45) is 5.92 Å². The lowest BCUT2D eigenvalue weighted by Gasteiger charge is -2.45. The van der Waals surface area contributed by atoms with Crippen molar-refractivity contribution >= 4 is 35.2 Å². The minimum absolute atomic E-state index is 0.0167. The highest BCUT2D eigenvalue weighted by Gasteiger charge is 2.34. The highest BCUT2D eigenvalue weighted by molar-refractivity contribution is 6.30. The zero-order valence-electron chi connectivity index (χ0n) is 31.4. The molecule has 5 rings (SSSR count). The maximum absolute atomic E-state index is 13.0. The lowest BCUT2D eigenvalue weighted by Crippen LogP contribution is -2.55. The number of carbonyl (C=O) groups is 4. The molecule has 1 unspecified atom stereocenters. The standard InChI is InChI=1S/C31H47N5O4.C7H7Cl.C2H6/c1-22(2)21-36(26-10-14-33(15-11-26)23(3)37)27-12-16-34(17-13-27)31(40)20-32-30(39)19-29-28-8-6-5-7-25(28)9-18-35(29)24(4)38;1-6-2-4-7(8)5-3-6;1-2/h5-8,22,26-27,29H,9-21H2,1-4H3,(H,32,39);2-5H,1H3;1-2H3. The Kier molecular flexibility index (Phi) is 16.7. The number of benzene rings is 2. The minimum Gasteiger partial charge on any atom is -0.347 e. The predicted octanol–water partition coefficient (Wildman–Crippen LogP) is 6.27. The van der Waals surface area contributed by atoms with Gasteiger partial charge in [-0.15, -0.1) is 0 Å². The zero-order chi connectivity index (χ0) is 36.8. The van der Waals surface area contributed by atoms with Gasteiger partial charge < -0.3 is 20.0 Å². The molecule has 0 saturated carbocycles. The molecule has 3 aliphatic heterocycles. The average molecular weight is 710 g/mol. The molecule has 4 amide bonds. The van der Waals surface area contributed by atoms with Gasteiger partial charge in [0.2, 0.25) is 23.6 Å². The van der Waals surface area contributed by atoms with Gasteiger partial charge >= 0.3 is 0 Å². The Morgan fingerprint density at radius 1 is 0.820 bits per heavy atom. The number of hydrogen-bond donors (Lipinski definition) is 1. The monoisotopic (exact) mass is 709 g/mol. The summed E-state index contributed by atoms with van der Waals surface area (Å²) in [5.41, 5.74) is 3.44. The summed E-state index contributed by atoms with van der Waals surface area (Å²) in [6.45, 7) is 18.4. The van der Waals surface area contributed by atoms with Crippen molar-refractivity contribution in [1.29, 1.82) is 0 Å². The Labute approximate surface area is 305 Å². The van der Waals surface area contributed by atoms with Gasteiger partial charge in [0.05, 0.1) is 19.0 Å². The van der Waals surface area contributed by atoms with Gasteiger partial charge in [-0.2, -0.15) is 0 Å². The lowest BCUT2D eigenvalue weighted by atomic mass is 9.90. The Balaban J connectivity index is 0.000000586. The summed E-state index contributed by atoms with van der Waals surface area (Å²) in [7, 11) is 0. The van der Waals surface area contributed by atoms with E-state index in [0.29, 0.717) is 37.6 Å². The smallest absolute Gasteiger partial charge is 0.241 e. The molecule has 2 fully saturated rings. The normalized spacial score (nSPS) is 18.0. The molecule has 2 saturated heterocycles. The van der Waals surface area contributed by atoms with Crippen LogP contribution >= 0.6 is 11.6 Å². The zero-order valence-corrected chi connectivity index (χ0v) is 32.2. The van der Waals surface area contributed by atoms with E-state index in [0.717, 1.165) is 62.3 Å². The van der Waals surface area contributed by atoms with E-state index in [1.807, 2.05) is 73.0 Å². The summed E-state index contributed by atoms with van der Waals surface area (Å²) < 4.78 is 0. The summed E-state index contributed by atoms with van der Waals surface area (Å²) in [5.74, 6) is 0.408. The molecule has 0 aliphatic carbocycles. The second-order valence-electron chi connectivity index (χ2n) is 13.9. The molecule has 276 valence electrons. The third-order valence-corrected chi connectivity index (χ3v) is 10.1. The largest absolute Gasteiger partial charge is 0.347 e. The number of piperidine rings is 2. The quantitative estimate of drug-likeness (QED) is 0.349. The van der Waals surface area contributed by atoms with Gasteiger partial charge in [-0.1, -0.05) is 81.3 Å². The average Bonchev–Trinajstić information content (AvgIpc) is 3.12. The third kappa shape index (κ3) is 12.1. The SMILES string of the molecule is CC.CC(=O)N1CCC(N(CC(C)C)C2CCN(C(=O)CNC(=O)CC3c4ccccc4CCN3C(C)=O)CC2)CC1.Cc1ccc(Cl)cc1. The molecule has 0 radical (unpaired) electrons.